The number of aromatic nitrogens is 1. The first kappa shape index (κ1) is 21.3. The summed E-state index contributed by atoms with van der Waals surface area (Å²) >= 11 is 17.2. The van der Waals surface area contributed by atoms with Crippen LogP contribution in [0.3, 0.4) is 0 Å². The Kier molecular flexibility index (Phi) is 5.46. The van der Waals surface area contributed by atoms with Gasteiger partial charge in [-0.3, -0.25) is 19.8 Å². The van der Waals surface area contributed by atoms with Crippen LogP contribution < -0.4 is 10.2 Å². The molecule has 1 aliphatic rings. The molecule has 2 heterocycles. The van der Waals surface area contributed by atoms with E-state index in [-0.39, 0.29) is 10.7 Å². The summed E-state index contributed by atoms with van der Waals surface area (Å²) in [6.45, 7) is 0. The van der Waals surface area contributed by atoms with Crippen molar-refractivity contribution in [3.8, 4) is 11.3 Å². The molecule has 1 aromatic heterocycles. The maximum Gasteiger partial charge on any atom is 0.270 e. The summed E-state index contributed by atoms with van der Waals surface area (Å²) in [5.74, 6) is -0.543. The first-order valence-electron chi connectivity index (χ1n) is 9.73. The zero-order chi connectivity index (χ0) is 23.1. The number of anilines is 1. The SMILES string of the molecule is O=C1NC(=S)N(c2ccc(Cl)cc2)C(=O)/C1=C/c1ccc2noc(-c3ccc(Cl)cc3)c2c1. The van der Waals surface area contributed by atoms with Crippen LogP contribution in [-0.2, 0) is 9.59 Å². The smallest absolute Gasteiger partial charge is 0.270 e. The van der Waals surface area contributed by atoms with Crippen molar-refractivity contribution >= 4 is 75.0 Å². The first-order valence-corrected chi connectivity index (χ1v) is 10.9. The fourth-order valence-corrected chi connectivity index (χ4v) is 4.04. The number of nitrogens with zero attached hydrogens (tertiary/aromatic N) is 2. The summed E-state index contributed by atoms with van der Waals surface area (Å²) in [5.41, 5.74) is 2.52. The number of nitrogens with one attached hydrogen (secondary N) is 1. The van der Waals surface area contributed by atoms with Crippen LogP contribution >= 0.6 is 35.4 Å². The van der Waals surface area contributed by atoms with Crippen molar-refractivity contribution in [1.82, 2.24) is 10.5 Å². The normalized spacial score (nSPS) is 15.4. The third-order valence-corrected chi connectivity index (χ3v) is 5.89. The Balaban J connectivity index is 1.55. The number of carbonyl (C=O) groups excluding carboxylic acids is 2. The Bertz CT molecular complexity index is 1460. The number of carbonyl (C=O) groups is 2. The van der Waals surface area contributed by atoms with Gasteiger partial charge in [-0.1, -0.05) is 34.4 Å². The number of rotatable bonds is 3. The van der Waals surface area contributed by atoms with Crippen molar-refractivity contribution in [2.75, 3.05) is 4.90 Å². The third-order valence-electron chi connectivity index (χ3n) is 5.10. The molecule has 0 atom stereocenters. The van der Waals surface area contributed by atoms with Crippen molar-refractivity contribution in [2.45, 2.75) is 0 Å². The Morgan fingerprint density at radius 3 is 2.30 bits per heavy atom. The van der Waals surface area contributed by atoms with E-state index in [1.807, 2.05) is 18.2 Å². The molecule has 9 heteroatoms. The molecule has 1 aliphatic heterocycles. The molecule has 5 rings (SSSR count). The molecule has 0 saturated carbocycles. The van der Waals surface area contributed by atoms with Crippen molar-refractivity contribution in [3.63, 3.8) is 0 Å². The summed E-state index contributed by atoms with van der Waals surface area (Å²) in [6.07, 6.45) is 1.51. The van der Waals surface area contributed by atoms with Crippen molar-refractivity contribution in [1.29, 1.82) is 0 Å². The van der Waals surface area contributed by atoms with Crippen LogP contribution in [-0.4, -0.2) is 22.1 Å². The van der Waals surface area contributed by atoms with Gasteiger partial charge in [0.1, 0.15) is 11.1 Å². The highest BCUT2D eigenvalue weighted by Gasteiger charge is 2.34. The highest BCUT2D eigenvalue weighted by Crippen LogP contribution is 2.31. The lowest BCUT2D eigenvalue weighted by Gasteiger charge is -2.28. The van der Waals surface area contributed by atoms with Gasteiger partial charge >= 0.3 is 0 Å². The molecule has 0 aliphatic carbocycles. The summed E-state index contributed by atoms with van der Waals surface area (Å²) in [7, 11) is 0. The largest absolute Gasteiger partial charge is 0.355 e. The summed E-state index contributed by atoms with van der Waals surface area (Å²) in [4.78, 5) is 27.1. The number of amides is 2. The predicted molar refractivity (Wildman–Crippen MR) is 132 cm³/mol. The highest BCUT2D eigenvalue weighted by molar-refractivity contribution is 7.80. The highest BCUT2D eigenvalue weighted by atomic mass is 35.5. The zero-order valence-electron chi connectivity index (χ0n) is 16.7. The molecule has 0 bridgehead atoms. The minimum absolute atomic E-state index is 0.00369. The average molecular weight is 494 g/mol. The number of halogens is 2. The molecule has 3 aromatic carbocycles. The number of thiocarbonyl (C=S) groups is 1. The number of hydrogen-bond donors (Lipinski definition) is 1. The van der Waals surface area contributed by atoms with Crippen LogP contribution in [0.2, 0.25) is 10.0 Å². The van der Waals surface area contributed by atoms with Crippen molar-refractivity contribution in [3.05, 3.63) is 87.9 Å². The van der Waals surface area contributed by atoms with Crippen LogP contribution in [0.4, 0.5) is 5.69 Å². The molecule has 1 fully saturated rings. The van der Waals surface area contributed by atoms with E-state index in [2.05, 4.69) is 10.5 Å². The van der Waals surface area contributed by atoms with Gasteiger partial charge in [-0.25, -0.2) is 0 Å². The van der Waals surface area contributed by atoms with Gasteiger partial charge in [0.25, 0.3) is 11.8 Å². The van der Waals surface area contributed by atoms with E-state index in [9.17, 15) is 9.59 Å². The Morgan fingerprint density at radius 1 is 0.939 bits per heavy atom. The van der Waals surface area contributed by atoms with Gasteiger partial charge in [-0.2, -0.15) is 0 Å². The second-order valence-corrected chi connectivity index (χ2v) is 8.49. The second-order valence-electron chi connectivity index (χ2n) is 7.23. The van der Waals surface area contributed by atoms with Gasteiger partial charge in [0.2, 0.25) is 0 Å². The molecule has 1 saturated heterocycles. The van der Waals surface area contributed by atoms with Gasteiger partial charge in [-0.15, -0.1) is 0 Å². The summed E-state index contributed by atoms with van der Waals surface area (Å²) in [6, 6.07) is 19.1. The van der Waals surface area contributed by atoms with E-state index in [0.29, 0.717) is 32.6 Å². The molecule has 4 aromatic rings. The van der Waals surface area contributed by atoms with E-state index in [1.54, 1.807) is 48.5 Å². The third kappa shape index (κ3) is 4.02. The Labute approximate surface area is 203 Å². The van der Waals surface area contributed by atoms with E-state index >= 15 is 0 Å². The van der Waals surface area contributed by atoms with Crippen LogP contribution in [0.1, 0.15) is 5.56 Å². The Hall–Kier alpha value is -3.52. The summed E-state index contributed by atoms with van der Waals surface area (Å²) in [5, 5.41) is 8.53. The molecule has 162 valence electrons. The topological polar surface area (TPSA) is 75.4 Å². The average Bonchev–Trinajstić information content (AvgIpc) is 3.21. The maximum atomic E-state index is 13.2. The predicted octanol–water partition coefficient (Wildman–Crippen LogP) is 5.63. The van der Waals surface area contributed by atoms with E-state index in [4.69, 9.17) is 39.9 Å². The van der Waals surface area contributed by atoms with Gasteiger partial charge in [0.15, 0.2) is 10.9 Å². The first-order chi connectivity index (χ1) is 15.9. The number of benzene rings is 3. The summed E-state index contributed by atoms with van der Waals surface area (Å²) < 4.78 is 5.53. The molecule has 6 nitrogen and oxygen atoms in total. The molecule has 0 unspecified atom stereocenters. The minimum atomic E-state index is -0.571. The fraction of sp³-hybridized carbons (Fsp3) is 0. The van der Waals surface area contributed by atoms with Gasteiger partial charge in [0.05, 0.1) is 11.1 Å². The lowest BCUT2D eigenvalue weighted by molar-refractivity contribution is -0.122. The minimum Gasteiger partial charge on any atom is -0.355 e. The van der Waals surface area contributed by atoms with Gasteiger partial charge < -0.3 is 4.52 Å². The zero-order valence-corrected chi connectivity index (χ0v) is 19.0. The van der Waals surface area contributed by atoms with Crippen LogP contribution in [0.25, 0.3) is 28.3 Å². The molecule has 1 N–H and O–H groups in total. The van der Waals surface area contributed by atoms with Crippen molar-refractivity contribution < 1.29 is 14.1 Å². The second kappa shape index (κ2) is 8.44. The van der Waals surface area contributed by atoms with E-state index < -0.39 is 11.8 Å². The van der Waals surface area contributed by atoms with Gasteiger partial charge in [-0.05, 0) is 84.5 Å². The lowest BCUT2D eigenvalue weighted by Crippen LogP contribution is -2.54. The Morgan fingerprint density at radius 2 is 1.61 bits per heavy atom. The van der Waals surface area contributed by atoms with Gasteiger partial charge in [0, 0.05) is 15.6 Å². The van der Waals surface area contributed by atoms with Crippen LogP contribution in [0.5, 0.6) is 0 Å². The molecule has 33 heavy (non-hydrogen) atoms. The van der Waals surface area contributed by atoms with Crippen molar-refractivity contribution in [2.24, 2.45) is 0 Å². The lowest BCUT2D eigenvalue weighted by atomic mass is 10.0. The van der Waals surface area contributed by atoms with Crippen LogP contribution in [0.15, 0.2) is 76.8 Å². The molecule has 0 spiro atoms. The number of hydrogen-bond acceptors (Lipinski definition) is 5. The monoisotopic (exact) mass is 493 g/mol. The molecule has 0 radical (unpaired) electrons. The molecular formula is C24H13Cl2N3O3S. The number of fused-ring (bicyclic) bond motifs is 1. The maximum absolute atomic E-state index is 13.2. The van der Waals surface area contributed by atoms with E-state index in [0.717, 1.165) is 10.9 Å². The van der Waals surface area contributed by atoms with Crippen LogP contribution in [0, 0.1) is 0 Å². The quantitative estimate of drug-likeness (QED) is 0.227. The molecule has 2 amide bonds. The fourth-order valence-electron chi connectivity index (χ4n) is 3.51. The van der Waals surface area contributed by atoms with E-state index in [1.165, 1.54) is 11.0 Å². The molecular weight excluding hydrogens is 481 g/mol. The standard InChI is InChI=1S/C24H13Cl2N3O3S/c25-15-4-2-14(3-5-15)21-18-11-13(1-10-20(18)28-32-21)12-19-22(30)27-24(33)29(23(19)31)17-8-6-16(26)7-9-17/h1-12H,(H,27,30,33)/b19-12+.